The minimum atomic E-state index is -0.481. The van der Waals surface area contributed by atoms with Crippen LogP contribution in [0.1, 0.15) is 10.4 Å². The lowest BCUT2D eigenvalue weighted by Crippen LogP contribution is -2.02. The third-order valence-corrected chi connectivity index (χ3v) is 3.19. The molecule has 0 bridgehead atoms. The SMILES string of the molecule is COCOc1ccc2c(c1)oc(=O)c1cc(C=O)ccc12. The van der Waals surface area contributed by atoms with Crippen LogP contribution in [0.5, 0.6) is 5.75 Å². The van der Waals surface area contributed by atoms with Crippen LogP contribution in [0.2, 0.25) is 0 Å². The van der Waals surface area contributed by atoms with E-state index in [0.29, 0.717) is 28.6 Å². The summed E-state index contributed by atoms with van der Waals surface area (Å²) in [6.45, 7) is 0.117. The van der Waals surface area contributed by atoms with E-state index in [4.69, 9.17) is 13.9 Å². The van der Waals surface area contributed by atoms with Gasteiger partial charge in [-0.2, -0.15) is 0 Å². The first-order valence-corrected chi connectivity index (χ1v) is 6.30. The first-order valence-electron chi connectivity index (χ1n) is 6.30. The number of hydrogen-bond acceptors (Lipinski definition) is 5. The number of benzene rings is 2. The molecule has 0 saturated heterocycles. The van der Waals surface area contributed by atoms with E-state index in [2.05, 4.69) is 0 Å². The van der Waals surface area contributed by atoms with Crippen molar-refractivity contribution in [2.45, 2.75) is 0 Å². The van der Waals surface area contributed by atoms with Crippen LogP contribution in [0.4, 0.5) is 0 Å². The van der Waals surface area contributed by atoms with Gasteiger partial charge in [-0.3, -0.25) is 4.79 Å². The third kappa shape index (κ3) is 2.39. The molecule has 5 heteroatoms. The fourth-order valence-corrected chi connectivity index (χ4v) is 2.22. The number of fused-ring (bicyclic) bond motifs is 3. The Labute approximate surface area is 119 Å². The second kappa shape index (κ2) is 5.38. The molecule has 0 aliphatic rings. The molecular formula is C16H12O5. The summed E-state index contributed by atoms with van der Waals surface area (Å²) in [7, 11) is 1.53. The predicted octanol–water partition coefficient (Wildman–Crippen LogP) is 2.74. The molecule has 106 valence electrons. The fraction of sp³-hybridized carbons (Fsp3) is 0.125. The van der Waals surface area contributed by atoms with Gasteiger partial charge >= 0.3 is 5.63 Å². The minimum absolute atomic E-state index is 0.117. The Morgan fingerprint density at radius 1 is 1.10 bits per heavy atom. The summed E-state index contributed by atoms with van der Waals surface area (Å²) >= 11 is 0. The Bertz CT molecular complexity index is 879. The number of methoxy groups -OCH3 is 1. The molecule has 0 spiro atoms. The molecule has 2 aromatic carbocycles. The molecule has 5 nitrogen and oxygen atoms in total. The lowest BCUT2D eigenvalue weighted by molar-refractivity contribution is 0.0512. The summed E-state index contributed by atoms with van der Waals surface area (Å²) in [5.74, 6) is 0.552. The van der Waals surface area contributed by atoms with Crippen LogP contribution in [0.3, 0.4) is 0 Å². The molecule has 21 heavy (non-hydrogen) atoms. The Hall–Kier alpha value is -2.66. The number of rotatable bonds is 4. The van der Waals surface area contributed by atoms with Crippen LogP contribution in [0.25, 0.3) is 21.7 Å². The maximum absolute atomic E-state index is 12.0. The number of hydrogen-bond donors (Lipinski definition) is 0. The van der Waals surface area contributed by atoms with Crippen molar-refractivity contribution < 1.29 is 18.7 Å². The van der Waals surface area contributed by atoms with E-state index in [1.165, 1.54) is 13.2 Å². The highest BCUT2D eigenvalue weighted by molar-refractivity contribution is 6.05. The van der Waals surface area contributed by atoms with E-state index in [9.17, 15) is 9.59 Å². The quantitative estimate of drug-likeness (QED) is 0.319. The van der Waals surface area contributed by atoms with Crippen LogP contribution in [-0.2, 0) is 4.74 Å². The molecule has 0 saturated carbocycles. The normalized spacial score (nSPS) is 10.9. The van der Waals surface area contributed by atoms with Crippen LogP contribution in [0.15, 0.2) is 45.6 Å². The highest BCUT2D eigenvalue weighted by atomic mass is 16.7. The molecule has 0 fully saturated rings. The Balaban J connectivity index is 2.24. The van der Waals surface area contributed by atoms with Gasteiger partial charge in [-0.25, -0.2) is 4.79 Å². The number of ether oxygens (including phenoxy) is 2. The molecule has 0 amide bonds. The molecule has 3 aromatic rings. The van der Waals surface area contributed by atoms with E-state index in [-0.39, 0.29) is 6.79 Å². The monoisotopic (exact) mass is 284 g/mol. The summed E-state index contributed by atoms with van der Waals surface area (Å²) in [5.41, 5.74) is 0.388. The van der Waals surface area contributed by atoms with Crippen molar-refractivity contribution in [2.75, 3.05) is 13.9 Å². The number of carbonyl (C=O) groups excluding carboxylic acids is 1. The van der Waals surface area contributed by atoms with Crippen molar-refractivity contribution in [2.24, 2.45) is 0 Å². The highest BCUT2D eigenvalue weighted by Gasteiger charge is 2.09. The van der Waals surface area contributed by atoms with Gasteiger partial charge in [-0.05, 0) is 23.6 Å². The average Bonchev–Trinajstić information content (AvgIpc) is 2.52. The van der Waals surface area contributed by atoms with Crippen LogP contribution < -0.4 is 10.4 Å². The lowest BCUT2D eigenvalue weighted by atomic mass is 10.1. The van der Waals surface area contributed by atoms with Crippen molar-refractivity contribution in [1.29, 1.82) is 0 Å². The minimum Gasteiger partial charge on any atom is -0.467 e. The van der Waals surface area contributed by atoms with Crippen LogP contribution >= 0.6 is 0 Å². The van der Waals surface area contributed by atoms with E-state index < -0.39 is 5.63 Å². The molecule has 0 N–H and O–H groups in total. The van der Waals surface area contributed by atoms with Gasteiger partial charge in [0.05, 0.1) is 5.39 Å². The maximum atomic E-state index is 12.0. The van der Waals surface area contributed by atoms with Gasteiger partial charge < -0.3 is 13.9 Å². The Kier molecular flexibility index (Phi) is 3.41. The first-order chi connectivity index (χ1) is 10.2. The van der Waals surface area contributed by atoms with Crippen molar-refractivity contribution in [3.8, 4) is 5.75 Å². The van der Waals surface area contributed by atoms with Gasteiger partial charge in [0.25, 0.3) is 0 Å². The summed E-state index contributed by atoms with van der Waals surface area (Å²) in [6, 6.07) is 10.2. The Morgan fingerprint density at radius 3 is 2.67 bits per heavy atom. The van der Waals surface area contributed by atoms with E-state index >= 15 is 0 Å². The van der Waals surface area contributed by atoms with Gasteiger partial charge in [0, 0.05) is 24.1 Å². The van der Waals surface area contributed by atoms with Gasteiger partial charge in [0.2, 0.25) is 0 Å². The zero-order valence-electron chi connectivity index (χ0n) is 11.3. The zero-order valence-corrected chi connectivity index (χ0v) is 11.3. The molecule has 0 aliphatic heterocycles. The summed E-state index contributed by atoms with van der Waals surface area (Å²) < 4.78 is 15.5. The highest BCUT2D eigenvalue weighted by Crippen LogP contribution is 2.26. The average molecular weight is 284 g/mol. The number of aldehydes is 1. The maximum Gasteiger partial charge on any atom is 0.344 e. The fourth-order valence-electron chi connectivity index (χ4n) is 2.22. The molecule has 0 aliphatic carbocycles. The van der Waals surface area contributed by atoms with E-state index in [1.807, 2.05) is 6.07 Å². The molecule has 0 radical (unpaired) electrons. The molecular weight excluding hydrogens is 272 g/mol. The van der Waals surface area contributed by atoms with E-state index in [1.54, 1.807) is 24.3 Å². The molecule has 0 unspecified atom stereocenters. The smallest absolute Gasteiger partial charge is 0.344 e. The Morgan fingerprint density at radius 2 is 1.90 bits per heavy atom. The molecule has 0 atom stereocenters. The third-order valence-electron chi connectivity index (χ3n) is 3.19. The molecule has 3 rings (SSSR count). The summed E-state index contributed by atoms with van der Waals surface area (Å²) in [5, 5.41) is 1.91. The van der Waals surface area contributed by atoms with E-state index in [0.717, 1.165) is 10.8 Å². The van der Waals surface area contributed by atoms with Crippen molar-refractivity contribution in [3.05, 3.63) is 52.4 Å². The van der Waals surface area contributed by atoms with Crippen LogP contribution in [0, 0.1) is 0 Å². The topological polar surface area (TPSA) is 65.7 Å². The summed E-state index contributed by atoms with van der Waals surface area (Å²) in [6.07, 6.45) is 0.699. The van der Waals surface area contributed by atoms with Crippen molar-refractivity contribution >= 4 is 28.0 Å². The van der Waals surface area contributed by atoms with Crippen LogP contribution in [-0.4, -0.2) is 20.2 Å². The standard InChI is InChI=1S/C16H12O5/c1-19-9-20-11-3-5-13-12-4-2-10(8-17)6-14(12)16(18)21-15(13)7-11/h2-8H,9H2,1H3. The predicted molar refractivity (Wildman–Crippen MR) is 77.9 cm³/mol. The lowest BCUT2D eigenvalue weighted by Gasteiger charge is -2.07. The van der Waals surface area contributed by atoms with Gasteiger partial charge in [0.1, 0.15) is 17.6 Å². The van der Waals surface area contributed by atoms with Gasteiger partial charge in [0.15, 0.2) is 6.79 Å². The van der Waals surface area contributed by atoms with Crippen molar-refractivity contribution in [3.63, 3.8) is 0 Å². The molecule has 1 aromatic heterocycles. The second-order valence-corrected chi connectivity index (χ2v) is 4.52. The first kappa shape index (κ1) is 13.3. The number of carbonyl (C=O) groups is 1. The zero-order chi connectivity index (χ0) is 14.8. The van der Waals surface area contributed by atoms with Crippen molar-refractivity contribution in [1.82, 2.24) is 0 Å². The van der Waals surface area contributed by atoms with Gasteiger partial charge in [-0.1, -0.05) is 12.1 Å². The summed E-state index contributed by atoms with van der Waals surface area (Å²) in [4.78, 5) is 22.8. The largest absolute Gasteiger partial charge is 0.467 e. The van der Waals surface area contributed by atoms with Gasteiger partial charge in [-0.15, -0.1) is 0 Å². The second-order valence-electron chi connectivity index (χ2n) is 4.52. The molecule has 1 heterocycles.